The SMILES string of the molecule is NC(=NC(=O)C1CC1)c1ccc(-c2cccc(C(=O)NCCN3CCOCC3)c2)cc1N. The predicted octanol–water partition coefficient (Wildman–Crippen LogP) is 1.64. The van der Waals surface area contributed by atoms with Crippen LogP contribution in [0.25, 0.3) is 11.1 Å². The van der Waals surface area contributed by atoms with Gasteiger partial charge < -0.3 is 21.5 Å². The Bertz CT molecular complexity index is 1030. The summed E-state index contributed by atoms with van der Waals surface area (Å²) >= 11 is 0. The molecule has 0 spiro atoms. The first kappa shape index (κ1) is 22.0. The van der Waals surface area contributed by atoms with E-state index in [-0.39, 0.29) is 23.6 Å². The van der Waals surface area contributed by atoms with Gasteiger partial charge in [-0.05, 0) is 48.2 Å². The highest BCUT2D eigenvalue weighted by Gasteiger charge is 2.29. The van der Waals surface area contributed by atoms with Crippen molar-refractivity contribution in [2.75, 3.05) is 45.1 Å². The number of hydrogen-bond donors (Lipinski definition) is 3. The minimum atomic E-state index is -0.182. The number of nitrogens with one attached hydrogen (secondary N) is 1. The molecule has 1 saturated carbocycles. The fourth-order valence-electron chi connectivity index (χ4n) is 3.67. The van der Waals surface area contributed by atoms with Crippen molar-refractivity contribution in [3.63, 3.8) is 0 Å². The van der Waals surface area contributed by atoms with Crippen LogP contribution in [0.1, 0.15) is 28.8 Å². The Kier molecular flexibility index (Phi) is 6.82. The fourth-order valence-corrected chi connectivity index (χ4v) is 3.67. The number of ether oxygens (including phenoxy) is 1. The molecule has 32 heavy (non-hydrogen) atoms. The lowest BCUT2D eigenvalue weighted by atomic mass is 10.00. The molecule has 1 heterocycles. The largest absolute Gasteiger partial charge is 0.398 e. The molecule has 0 aromatic heterocycles. The minimum absolute atomic E-state index is 0.0109. The van der Waals surface area contributed by atoms with Crippen molar-refractivity contribution in [2.24, 2.45) is 16.6 Å². The maximum Gasteiger partial charge on any atom is 0.251 e. The number of nitrogens with two attached hydrogens (primary N) is 2. The number of amides is 2. The molecule has 1 aliphatic heterocycles. The second-order valence-corrected chi connectivity index (χ2v) is 8.20. The summed E-state index contributed by atoms with van der Waals surface area (Å²) in [5.74, 6) is -0.144. The van der Waals surface area contributed by atoms with E-state index in [1.807, 2.05) is 24.3 Å². The Morgan fingerprint density at radius 3 is 2.56 bits per heavy atom. The number of nitrogen functional groups attached to an aromatic ring is 1. The molecule has 0 bridgehead atoms. The summed E-state index contributed by atoms with van der Waals surface area (Å²) in [5.41, 5.74) is 15.5. The summed E-state index contributed by atoms with van der Waals surface area (Å²) in [6, 6.07) is 12.8. The summed E-state index contributed by atoms with van der Waals surface area (Å²) in [4.78, 5) is 30.8. The smallest absolute Gasteiger partial charge is 0.251 e. The number of carbonyl (C=O) groups is 2. The topological polar surface area (TPSA) is 123 Å². The van der Waals surface area contributed by atoms with Crippen molar-refractivity contribution in [1.82, 2.24) is 10.2 Å². The third-order valence-corrected chi connectivity index (χ3v) is 5.76. The van der Waals surface area contributed by atoms with E-state index < -0.39 is 0 Å². The molecule has 8 nitrogen and oxygen atoms in total. The van der Waals surface area contributed by atoms with Gasteiger partial charge >= 0.3 is 0 Å². The minimum Gasteiger partial charge on any atom is -0.398 e. The summed E-state index contributed by atoms with van der Waals surface area (Å²) in [6.45, 7) is 4.67. The Hall–Kier alpha value is -3.23. The average Bonchev–Trinajstić information content (AvgIpc) is 3.65. The van der Waals surface area contributed by atoms with Crippen molar-refractivity contribution in [3.8, 4) is 11.1 Å². The summed E-state index contributed by atoms with van der Waals surface area (Å²) in [6.07, 6.45) is 1.75. The van der Waals surface area contributed by atoms with Crippen molar-refractivity contribution in [1.29, 1.82) is 0 Å². The number of morpholine rings is 1. The molecule has 1 saturated heterocycles. The first-order chi connectivity index (χ1) is 15.5. The van der Waals surface area contributed by atoms with E-state index in [0.717, 1.165) is 56.8 Å². The van der Waals surface area contributed by atoms with Crippen molar-refractivity contribution in [2.45, 2.75) is 12.8 Å². The standard InChI is InChI=1S/C24H29N5O3/c25-21-15-18(6-7-20(21)22(26)28-24(31)16-4-5-16)17-2-1-3-19(14-17)23(30)27-8-9-29-10-12-32-13-11-29/h1-3,6-7,14-16H,4-5,8-13,25H2,(H,27,30)(H2,26,28,31). The first-order valence-corrected chi connectivity index (χ1v) is 11.0. The van der Waals surface area contributed by atoms with Crippen LogP contribution in [0.3, 0.4) is 0 Å². The van der Waals surface area contributed by atoms with Crippen LogP contribution in [-0.4, -0.2) is 61.9 Å². The van der Waals surface area contributed by atoms with Gasteiger partial charge in [-0.15, -0.1) is 0 Å². The lowest BCUT2D eigenvalue weighted by molar-refractivity contribution is -0.118. The lowest BCUT2D eigenvalue weighted by Gasteiger charge is -2.26. The van der Waals surface area contributed by atoms with Gasteiger partial charge in [-0.25, -0.2) is 0 Å². The van der Waals surface area contributed by atoms with Crippen LogP contribution in [0, 0.1) is 5.92 Å². The van der Waals surface area contributed by atoms with E-state index in [2.05, 4.69) is 15.2 Å². The van der Waals surface area contributed by atoms with Crippen LogP contribution < -0.4 is 16.8 Å². The molecule has 1 aliphatic carbocycles. The molecule has 0 radical (unpaired) electrons. The highest BCUT2D eigenvalue weighted by Crippen LogP contribution is 2.30. The van der Waals surface area contributed by atoms with Crippen LogP contribution in [0.4, 0.5) is 5.69 Å². The molecule has 5 N–H and O–H groups in total. The molecule has 8 heteroatoms. The Balaban J connectivity index is 1.41. The second kappa shape index (κ2) is 9.93. The number of benzene rings is 2. The molecule has 2 aromatic rings. The molecule has 0 unspecified atom stereocenters. The van der Waals surface area contributed by atoms with Crippen molar-refractivity contribution < 1.29 is 14.3 Å². The van der Waals surface area contributed by atoms with E-state index in [0.29, 0.717) is 23.4 Å². The van der Waals surface area contributed by atoms with Crippen LogP contribution in [-0.2, 0) is 9.53 Å². The number of nitrogens with zero attached hydrogens (tertiary/aromatic N) is 2. The molecule has 2 amide bonds. The van der Waals surface area contributed by atoms with Gasteiger partial charge in [-0.2, -0.15) is 4.99 Å². The number of aliphatic imine (C=N–C) groups is 1. The third-order valence-electron chi connectivity index (χ3n) is 5.76. The molecule has 2 aromatic carbocycles. The Morgan fingerprint density at radius 2 is 1.84 bits per heavy atom. The monoisotopic (exact) mass is 435 g/mol. The van der Waals surface area contributed by atoms with Crippen LogP contribution in [0.15, 0.2) is 47.5 Å². The molecule has 4 rings (SSSR count). The molecule has 2 aliphatic rings. The van der Waals surface area contributed by atoms with Crippen LogP contribution in [0.5, 0.6) is 0 Å². The van der Waals surface area contributed by atoms with E-state index in [1.165, 1.54) is 0 Å². The third kappa shape index (κ3) is 5.52. The quantitative estimate of drug-likeness (QED) is 0.345. The highest BCUT2D eigenvalue weighted by molar-refractivity contribution is 6.08. The number of carbonyl (C=O) groups excluding carboxylic acids is 2. The van der Waals surface area contributed by atoms with Crippen LogP contribution in [0.2, 0.25) is 0 Å². The van der Waals surface area contributed by atoms with Gasteiger partial charge in [0.05, 0.1) is 13.2 Å². The zero-order valence-corrected chi connectivity index (χ0v) is 18.0. The maximum absolute atomic E-state index is 12.6. The summed E-state index contributed by atoms with van der Waals surface area (Å²) in [7, 11) is 0. The summed E-state index contributed by atoms with van der Waals surface area (Å²) in [5, 5.41) is 2.98. The number of hydrogen-bond acceptors (Lipinski definition) is 5. The van der Waals surface area contributed by atoms with Gasteiger partial charge in [0.2, 0.25) is 0 Å². The molecule has 0 atom stereocenters. The molecule has 2 fully saturated rings. The number of rotatable bonds is 7. The van der Waals surface area contributed by atoms with E-state index >= 15 is 0 Å². The Morgan fingerprint density at radius 1 is 1.09 bits per heavy atom. The van der Waals surface area contributed by atoms with E-state index in [1.54, 1.807) is 18.2 Å². The summed E-state index contributed by atoms with van der Waals surface area (Å²) < 4.78 is 5.34. The molecular formula is C24H29N5O3. The van der Waals surface area contributed by atoms with E-state index in [9.17, 15) is 9.59 Å². The van der Waals surface area contributed by atoms with Gasteiger partial charge in [0, 0.05) is 48.9 Å². The van der Waals surface area contributed by atoms with Gasteiger partial charge in [-0.1, -0.05) is 18.2 Å². The lowest BCUT2D eigenvalue weighted by Crippen LogP contribution is -2.41. The number of amidine groups is 1. The van der Waals surface area contributed by atoms with Gasteiger partial charge in [0.1, 0.15) is 5.84 Å². The zero-order chi connectivity index (χ0) is 22.5. The van der Waals surface area contributed by atoms with Crippen LogP contribution >= 0.6 is 0 Å². The van der Waals surface area contributed by atoms with Gasteiger partial charge in [-0.3, -0.25) is 14.5 Å². The molecule has 168 valence electrons. The number of anilines is 1. The maximum atomic E-state index is 12.6. The van der Waals surface area contributed by atoms with Gasteiger partial charge in [0.25, 0.3) is 11.8 Å². The Labute approximate surface area is 187 Å². The average molecular weight is 436 g/mol. The predicted molar refractivity (Wildman–Crippen MR) is 124 cm³/mol. The van der Waals surface area contributed by atoms with Crippen molar-refractivity contribution in [3.05, 3.63) is 53.6 Å². The zero-order valence-electron chi connectivity index (χ0n) is 18.0. The van der Waals surface area contributed by atoms with E-state index in [4.69, 9.17) is 16.2 Å². The molecular weight excluding hydrogens is 406 g/mol. The first-order valence-electron chi connectivity index (χ1n) is 11.0. The second-order valence-electron chi connectivity index (χ2n) is 8.20. The normalized spacial score (nSPS) is 17.2. The van der Waals surface area contributed by atoms with Crippen molar-refractivity contribution >= 4 is 23.3 Å². The fraction of sp³-hybridized carbons (Fsp3) is 0.375. The van der Waals surface area contributed by atoms with Gasteiger partial charge in [0.15, 0.2) is 0 Å². The highest BCUT2D eigenvalue weighted by atomic mass is 16.5.